The zero-order valence-corrected chi connectivity index (χ0v) is 16.8. The molecule has 4 heterocycles. The maximum absolute atomic E-state index is 13.1. The molecule has 28 heavy (non-hydrogen) atoms. The summed E-state index contributed by atoms with van der Waals surface area (Å²) in [7, 11) is 0. The van der Waals surface area contributed by atoms with Crippen LogP contribution in [0.4, 0.5) is 0 Å². The van der Waals surface area contributed by atoms with Gasteiger partial charge in [-0.3, -0.25) is 14.3 Å². The van der Waals surface area contributed by atoms with Crippen molar-refractivity contribution in [2.24, 2.45) is 0 Å². The van der Waals surface area contributed by atoms with Gasteiger partial charge in [-0.05, 0) is 38.1 Å². The van der Waals surface area contributed by atoms with Crippen LogP contribution in [0.2, 0.25) is 0 Å². The quantitative estimate of drug-likeness (QED) is 0.709. The number of aromatic amines is 1. The van der Waals surface area contributed by atoms with Gasteiger partial charge in [-0.15, -0.1) is 11.3 Å². The van der Waals surface area contributed by atoms with E-state index in [2.05, 4.69) is 15.1 Å². The van der Waals surface area contributed by atoms with E-state index in [0.717, 1.165) is 31.7 Å². The first kappa shape index (κ1) is 18.8. The van der Waals surface area contributed by atoms with Crippen LogP contribution in [0.15, 0.2) is 22.4 Å². The standard InChI is InChI=1S/C19H23N5O3S/c1-3-23(11-16-21-15-6-9-28-17(15)18(25)22-16)19(26)14-10-20-24(12(14)2)13-4-7-27-8-5-13/h6,9-10,13H,3-5,7-8,11H2,1-2H3,(H,21,22,25). The van der Waals surface area contributed by atoms with Crippen LogP contribution in [0, 0.1) is 6.92 Å². The molecule has 0 bridgehead atoms. The van der Waals surface area contributed by atoms with Gasteiger partial charge in [0.15, 0.2) is 0 Å². The number of carbonyl (C=O) groups excluding carboxylic acids is 1. The van der Waals surface area contributed by atoms with Crippen LogP contribution in [0.3, 0.4) is 0 Å². The van der Waals surface area contributed by atoms with E-state index in [-0.39, 0.29) is 24.1 Å². The second-order valence-electron chi connectivity index (χ2n) is 6.90. The Hall–Kier alpha value is -2.52. The van der Waals surface area contributed by atoms with E-state index in [9.17, 15) is 9.59 Å². The summed E-state index contributed by atoms with van der Waals surface area (Å²) in [6.45, 7) is 6.04. The Balaban J connectivity index is 1.57. The summed E-state index contributed by atoms with van der Waals surface area (Å²) in [4.78, 5) is 34.3. The number of hydrogen-bond acceptors (Lipinski definition) is 6. The van der Waals surface area contributed by atoms with Crippen molar-refractivity contribution >= 4 is 27.5 Å². The summed E-state index contributed by atoms with van der Waals surface area (Å²) in [6.07, 6.45) is 3.45. The van der Waals surface area contributed by atoms with Crippen molar-refractivity contribution in [2.75, 3.05) is 19.8 Å². The van der Waals surface area contributed by atoms with Gasteiger partial charge in [0.25, 0.3) is 11.5 Å². The van der Waals surface area contributed by atoms with Crippen LogP contribution in [0.1, 0.15) is 47.7 Å². The average Bonchev–Trinajstić information content (AvgIpc) is 3.33. The molecule has 0 radical (unpaired) electrons. The zero-order valence-electron chi connectivity index (χ0n) is 16.0. The molecule has 0 atom stereocenters. The van der Waals surface area contributed by atoms with Gasteiger partial charge in [0.2, 0.25) is 0 Å². The molecule has 9 heteroatoms. The number of nitrogens with one attached hydrogen (secondary N) is 1. The monoisotopic (exact) mass is 401 g/mol. The summed E-state index contributed by atoms with van der Waals surface area (Å²) >= 11 is 1.36. The second-order valence-corrected chi connectivity index (χ2v) is 7.81. The maximum Gasteiger partial charge on any atom is 0.268 e. The fourth-order valence-electron chi connectivity index (χ4n) is 3.61. The Morgan fingerprint density at radius 1 is 1.43 bits per heavy atom. The van der Waals surface area contributed by atoms with Gasteiger partial charge < -0.3 is 14.6 Å². The number of rotatable bonds is 5. The van der Waals surface area contributed by atoms with Crippen LogP contribution in [-0.4, -0.2) is 50.3 Å². The number of hydrogen-bond donors (Lipinski definition) is 1. The zero-order chi connectivity index (χ0) is 19.7. The molecular weight excluding hydrogens is 378 g/mol. The first-order valence-electron chi connectivity index (χ1n) is 9.46. The fraction of sp³-hybridized carbons (Fsp3) is 0.474. The molecule has 1 saturated heterocycles. The van der Waals surface area contributed by atoms with Crippen LogP contribution >= 0.6 is 11.3 Å². The van der Waals surface area contributed by atoms with Gasteiger partial charge in [0.05, 0.1) is 29.9 Å². The highest BCUT2D eigenvalue weighted by atomic mass is 32.1. The minimum Gasteiger partial charge on any atom is -0.381 e. The van der Waals surface area contributed by atoms with E-state index in [4.69, 9.17) is 4.74 Å². The Morgan fingerprint density at radius 3 is 2.96 bits per heavy atom. The molecule has 0 aromatic carbocycles. The third-order valence-electron chi connectivity index (χ3n) is 5.19. The Bertz CT molecular complexity index is 1050. The van der Waals surface area contributed by atoms with Crippen LogP contribution in [0.25, 0.3) is 10.2 Å². The highest BCUT2D eigenvalue weighted by Crippen LogP contribution is 2.24. The molecule has 0 aliphatic carbocycles. The molecule has 8 nitrogen and oxygen atoms in total. The maximum atomic E-state index is 13.1. The third kappa shape index (κ3) is 3.47. The van der Waals surface area contributed by atoms with Gasteiger partial charge >= 0.3 is 0 Å². The highest BCUT2D eigenvalue weighted by molar-refractivity contribution is 7.17. The van der Waals surface area contributed by atoms with Crippen LogP contribution in [-0.2, 0) is 11.3 Å². The fourth-order valence-corrected chi connectivity index (χ4v) is 4.33. The summed E-state index contributed by atoms with van der Waals surface area (Å²) in [5, 5.41) is 6.31. The van der Waals surface area contributed by atoms with Crippen LogP contribution in [0.5, 0.6) is 0 Å². The molecule has 0 saturated carbocycles. The molecule has 1 amide bonds. The molecule has 4 rings (SSSR count). The Morgan fingerprint density at radius 2 is 2.21 bits per heavy atom. The Kier molecular flexibility index (Phi) is 5.27. The predicted octanol–water partition coefficient (Wildman–Crippen LogP) is 2.50. The topological polar surface area (TPSA) is 93.1 Å². The van der Waals surface area contributed by atoms with Crippen molar-refractivity contribution in [2.45, 2.75) is 39.3 Å². The van der Waals surface area contributed by atoms with Crippen molar-refractivity contribution < 1.29 is 9.53 Å². The molecule has 1 fully saturated rings. The average molecular weight is 401 g/mol. The second kappa shape index (κ2) is 7.84. The number of thiophene rings is 1. The summed E-state index contributed by atoms with van der Waals surface area (Å²) in [5.41, 5.74) is 1.95. The molecule has 3 aromatic rings. The number of fused-ring (bicyclic) bond motifs is 1. The van der Waals surface area contributed by atoms with E-state index in [1.54, 1.807) is 11.1 Å². The van der Waals surface area contributed by atoms with E-state index in [1.807, 2.05) is 30.0 Å². The molecule has 1 aliphatic heterocycles. The lowest BCUT2D eigenvalue weighted by molar-refractivity contribution is 0.0655. The molecule has 0 unspecified atom stereocenters. The van der Waals surface area contributed by atoms with Gasteiger partial charge in [0, 0.05) is 25.5 Å². The van der Waals surface area contributed by atoms with Crippen molar-refractivity contribution in [1.82, 2.24) is 24.6 Å². The van der Waals surface area contributed by atoms with E-state index in [1.165, 1.54) is 11.3 Å². The molecule has 148 valence electrons. The number of amides is 1. The molecule has 1 aliphatic rings. The number of aromatic nitrogens is 4. The lowest BCUT2D eigenvalue weighted by Crippen LogP contribution is -2.32. The molecule has 3 aromatic heterocycles. The lowest BCUT2D eigenvalue weighted by Gasteiger charge is -2.24. The van der Waals surface area contributed by atoms with Gasteiger partial charge in [-0.25, -0.2) is 4.98 Å². The summed E-state index contributed by atoms with van der Waals surface area (Å²) in [5.74, 6) is 0.381. The van der Waals surface area contributed by atoms with Crippen molar-refractivity contribution in [3.05, 3.63) is 45.1 Å². The predicted molar refractivity (Wildman–Crippen MR) is 107 cm³/mol. The smallest absolute Gasteiger partial charge is 0.268 e. The van der Waals surface area contributed by atoms with Gasteiger partial charge in [-0.2, -0.15) is 5.10 Å². The Labute approximate surface area is 166 Å². The number of ether oxygens (including phenoxy) is 1. The lowest BCUT2D eigenvalue weighted by atomic mass is 10.1. The van der Waals surface area contributed by atoms with E-state index in [0.29, 0.717) is 28.1 Å². The normalized spacial score (nSPS) is 15.2. The third-order valence-corrected chi connectivity index (χ3v) is 6.09. The van der Waals surface area contributed by atoms with Crippen LogP contribution < -0.4 is 5.56 Å². The minimum absolute atomic E-state index is 0.105. The van der Waals surface area contributed by atoms with Gasteiger partial charge in [0.1, 0.15) is 10.5 Å². The molecule has 0 spiro atoms. The summed E-state index contributed by atoms with van der Waals surface area (Å²) in [6, 6.07) is 2.09. The largest absolute Gasteiger partial charge is 0.381 e. The van der Waals surface area contributed by atoms with Crippen molar-refractivity contribution in [3.63, 3.8) is 0 Å². The number of H-pyrrole nitrogens is 1. The minimum atomic E-state index is -0.165. The first-order chi connectivity index (χ1) is 13.6. The SMILES string of the molecule is CCN(Cc1nc2ccsc2c(=O)[nH]1)C(=O)c1cnn(C2CCOCC2)c1C. The van der Waals surface area contributed by atoms with E-state index < -0.39 is 0 Å². The summed E-state index contributed by atoms with van der Waals surface area (Å²) < 4.78 is 7.97. The molecule has 1 N–H and O–H groups in total. The van der Waals surface area contributed by atoms with Gasteiger partial charge in [-0.1, -0.05) is 0 Å². The number of carbonyl (C=O) groups is 1. The molecular formula is C19H23N5O3S. The first-order valence-corrected chi connectivity index (χ1v) is 10.3. The van der Waals surface area contributed by atoms with Crippen molar-refractivity contribution in [1.29, 1.82) is 0 Å². The van der Waals surface area contributed by atoms with E-state index >= 15 is 0 Å². The van der Waals surface area contributed by atoms with Crippen molar-refractivity contribution in [3.8, 4) is 0 Å². The highest BCUT2D eigenvalue weighted by Gasteiger charge is 2.24. The number of nitrogens with zero attached hydrogens (tertiary/aromatic N) is 4.